The van der Waals surface area contributed by atoms with Crippen LogP contribution in [0.1, 0.15) is 17.5 Å². The zero-order chi connectivity index (χ0) is 20.1. The Balaban J connectivity index is 1.93. The Morgan fingerprint density at radius 1 is 1.25 bits per heavy atom. The second kappa shape index (κ2) is 9.03. The van der Waals surface area contributed by atoms with Crippen molar-refractivity contribution < 1.29 is 14.3 Å². The molecule has 1 aliphatic heterocycles. The fourth-order valence-corrected chi connectivity index (χ4v) is 4.19. The molecule has 0 aliphatic carbocycles. The number of methoxy groups -OCH3 is 2. The molecular formula is C19H20N4O3S2. The van der Waals surface area contributed by atoms with E-state index in [-0.39, 0.29) is 5.91 Å². The molecule has 3 rings (SSSR count). The second-order valence-corrected chi connectivity index (χ2v) is 7.71. The summed E-state index contributed by atoms with van der Waals surface area (Å²) in [6, 6.07) is 5.50. The van der Waals surface area contributed by atoms with Gasteiger partial charge in [0.2, 0.25) is 5.13 Å². The molecule has 1 aliphatic rings. The molecule has 0 saturated carbocycles. The van der Waals surface area contributed by atoms with Gasteiger partial charge in [0.25, 0.3) is 5.91 Å². The fraction of sp³-hybridized carbons (Fsp3) is 0.263. The summed E-state index contributed by atoms with van der Waals surface area (Å²) in [4.78, 5) is 19.5. The SMILES string of the molecule is C=CCN1C(=O)/C(=C\c2ccc(OC)c(OC)c2)SC1=Nc1nnc(CC)s1. The minimum Gasteiger partial charge on any atom is -0.493 e. The van der Waals surface area contributed by atoms with Crippen LogP contribution in [-0.2, 0) is 11.2 Å². The van der Waals surface area contributed by atoms with Crippen LogP contribution < -0.4 is 9.47 Å². The third-order valence-corrected chi connectivity index (χ3v) is 5.82. The lowest BCUT2D eigenvalue weighted by Gasteiger charge is -2.11. The van der Waals surface area contributed by atoms with Crippen molar-refractivity contribution in [2.45, 2.75) is 13.3 Å². The zero-order valence-electron chi connectivity index (χ0n) is 15.8. The van der Waals surface area contributed by atoms with E-state index in [2.05, 4.69) is 21.8 Å². The van der Waals surface area contributed by atoms with Gasteiger partial charge in [-0.05, 0) is 42.0 Å². The maximum absolute atomic E-state index is 12.9. The first-order valence-electron chi connectivity index (χ1n) is 8.55. The largest absolute Gasteiger partial charge is 0.493 e. The van der Waals surface area contributed by atoms with E-state index >= 15 is 0 Å². The minimum atomic E-state index is -0.126. The maximum atomic E-state index is 12.9. The molecule has 9 heteroatoms. The van der Waals surface area contributed by atoms with Gasteiger partial charge in [-0.15, -0.1) is 16.8 Å². The molecule has 2 heterocycles. The van der Waals surface area contributed by atoms with Gasteiger partial charge >= 0.3 is 0 Å². The van der Waals surface area contributed by atoms with E-state index in [9.17, 15) is 4.79 Å². The maximum Gasteiger partial charge on any atom is 0.267 e. The number of rotatable bonds is 7. The molecule has 1 aromatic heterocycles. The van der Waals surface area contributed by atoms with Gasteiger partial charge in [-0.1, -0.05) is 30.4 Å². The number of thioether (sulfide) groups is 1. The van der Waals surface area contributed by atoms with Gasteiger partial charge in [0.1, 0.15) is 5.01 Å². The Labute approximate surface area is 171 Å². The standard InChI is InChI=1S/C19H20N4O3S2/c1-5-9-23-17(24)15(11-12-7-8-13(25-3)14(10-12)26-4)27-19(23)20-18-22-21-16(6-2)28-18/h5,7-8,10-11H,1,6,9H2,2-4H3/b15-11+,20-19?. The predicted octanol–water partition coefficient (Wildman–Crippen LogP) is 3.91. The number of hydrogen-bond donors (Lipinski definition) is 0. The smallest absolute Gasteiger partial charge is 0.267 e. The van der Waals surface area contributed by atoms with Crippen LogP contribution >= 0.6 is 23.1 Å². The summed E-state index contributed by atoms with van der Waals surface area (Å²) in [5.41, 5.74) is 0.831. The average molecular weight is 417 g/mol. The molecule has 7 nitrogen and oxygen atoms in total. The van der Waals surface area contributed by atoms with Crippen LogP contribution in [0.15, 0.2) is 40.8 Å². The van der Waals surface area contributed by atoms with Crippen LogP contribution in [-0.4, -0.2) is 46.9 Å². The van der Waals surface area contributed by atoms with Crippen LogP contribution in [0.4, 0.5) is 5.13 Å². The monoisotopic (exact) mass is 416 g/mol. The van der Waals surface area contributed by atoms with E-state index in [1.54, 1.807) is 31.3 Å². The number of benzene rings is 1. The molecule has 0 atom stereocenters. The third-order valence-electron chi connectivity index (χ3n) is 3.86. The van der Waals surface area contributed by atoms with E-state index in [1.165, 1.54) is 23.1 Å². The fourth-order valence-electron chi connectivity index (χ4n) is 2.49. The van der Waals surface area contributed by atoms with E-state index in [4.69, 9.17) is 9.47 Å². The van der Waals surface area contributed by atoms with Gasteiger partial charge in [-0.2, -0.15) is 4.99 Å². The number of ether oxygens (including phenoxy) is 2. The average Bonchev–Trinajstić information content (AvgIpc) is 3.28. The van der Waals surface area contributed by atoms with E-state index in [1.807, 2.05) is 25.1 Å². The van der Waals surface area contributed by atoms with Crippen LogP contribution in [0.2, 0.25) is 0 Å². The summed E-state index contributed by atoms with van der Waals surface area (Å²) in [5.74, 6) is 1.11. The topological polar surface area (TPSA) is 76.9 Å². The number of nitrogens with zero attached hydrogens (tertiary/aromatic N) is 4. The normalized spacial score (nSPS) is 16.8. The van der Waals surface area contributed by atoms with Crippen molar-refractivity contribution in [2.75, 3.05) is 20.8 Å². The summed E-state index contributed by atoms with van der Waals surface area (Å²) in [7, 11) is 3.16. The molecule has 0 radical (unpaired) electrons. The Bertz CT molecular complexity index is 952. The molecule has 0 bridgehead atoms. The molecule has 1 fully saturated rings. The number of amides is 1. The van der Waals surface area contributed by atoms with Crippen molar-refractivity contribution in [2.24, 2.45) is 4.99 Å². The molecule has 1 saturated heterocycles. The molecule has 0 unspecified atom stereocenters. The third kappa shape index (κ3) is 4.26. The molecule has 0 N–H and O–H groups in total. The van der Waals surface area contributed by atoms with Crippen LogP contribution in [0.5, 0.6) is 11.5 Å². The summed E-state index contributed by atoms with van der Waals surface area (Å²) < 4.78 is 10.6. The first-order valence-corrected chi connectivity index (χ1v) is 10.2. The summed E-state index contributed by atoms with van der Waals surface area (Å²) in [5, 5.41) is 10.2. The van der Waals surface area contributed by atoms with Crippen LogP contribution in [0.25, 0.3) is 6.08 Å². The van der Waals surface area contributed by atoms with Gasteiger partial charge in [0, 0.05) is 6.54 Å². The summed E-state index contributed by atoms with van der Waals surface area (Å²) in [6.45, 7) is 6.12. The van der Waals surface area contributed by atoms with Crippen molar-refractivity contribution in [3.8, 4) is 11.5 Å². The molecule has 1 amide bonds. The quantitative estimate of drug-likeness (QED) is 0.503. The van der Waals surface area contributed by atoms with E-state index in [0.717, 1.165) is 17.0 Å². The first kappa shape index (κ1) is 20.1. The number of carbonyl (C=O) groups excluding carboxylic acids is 1. The van der Waals surface area contributed by atoms with E-state index in [0.29, 0.717) is 33.2 Å². The Morgan fingerprint density at radius 2 is 2.04 bits per heavy atom. The van der Waals surface area contributed by atoms with Gasteiger partial charge in [-0.3, -0.25) is 9.69 Å². The van der Waals surface area contributed by atoms with Crippen molar-refractivity contribution >= 4 is 45.4 Å². The molecular weight excluding hydrogens is 396 g/mol. The van der Waals surface area contributed by atoms with Crippen molar-refractivity contribution in [3.63, 3.8) is 0 Å². The van der Waals surface area contributed by atoms with Gasteiger partial charge < -0.3 is 9.47 Å². The highest BCUT2D eigenvalue weighted by Gasteiger charge is 2.33. The van der Waals surface area contributed by atoms with Crippen molar-refractivity contribution in [1.82, 2.24) is 15.1 Å². The minimum absolute atomic E-state index is 0.126. The van der Waals surface area contributed by atoms with Gasteiger partial charge in [-0.25, -0.2) is 0 Å². The molecule has 1 aromatic carbocycles. The Hall–Kier alpha value is -2.65. The van der Waals surface area contributed by atoms with Crippen molar-refractivity contribution in [3.05, 3.63) is 46.3 Å². The highest BCUT2D eigenvalue weighted by atomic mass is 32.2. The van der Waals surface area contributed by atoms with Gasteiger partial charge in [0.15, 0.2) is 16.7 Å². The Morgan fingerprint density at radius 3 is 2.68 bits per heavy atom. The molecule has 2 aromatic rings. The molecule has 0 spiro atoms. The number of carbonyl (C=O) groups is 1. The molecule has 146 valence electrons. The Kier molecular flexibility index (Phi) is 6.48. The number of aryl methyl sites for hydroxylation is 1. The number of amidine groups is 1. The van der Waals surface area contributed by atoms with Crippen LogP contribution in [0, 0.1) is 0 Å². The van der Waals surface area contributed by atoms with Gasteiger partial charge in [0.05, 0.1) is 19.1 Å². The zero-order valence-corrected chi connectivity index (χ0v) is 17.5. The van der Waals surface area contributed by atoms with Crippen LogP contribution in [0.3, 0.4) is 0 Å². The highest BCUT2D eigenvalue weighted by Crippen LogP contribution is 2.36. The van der Waals surface area contributed by atoms with E-state index < -0.39 is 0 Å². The van der Waals surface area contributed by atoms with Crippen molar-refractivity contribution in [1.29, 1.82) is 0 Å². The number of aromatic nitrogens is 2. The summed E-state index contributed by atoms with van der Waals surface area (Å²) >= 11 is 2.72. The lowest BCUT2D eigenvalue weighted by molar-refractivity contribution is -0.121. The number of hydrogen-bond acceptors (Lipinski definition) is 8. The predicted molar refractivity (Wildman–Crippen MR) is 113 cm³/mol. The molecule has 28 heavy (non-hydrogen) atoms. The number of aliphatic imine (C=N–C) groups is 1. The highest BCUT2D eigenvalue weighted by molar-refractivity contribution is 8.18. The lowest BCUT2D eigenvalue weighted by Crippen LogP contribution is -2.29. The lowest BCUT2D eigenvalue weighted by atomic mass is 10.2. The first-order chi connectivity index (χ1) is 13.6. The summed E-state index contributed by atoms with van der Waals surface area (Å²) in [6.07, 6.45) is 4.28. The second-order valence-electron chi connectivity index (χ2n) is 5.66.